The molecule has 2 aromatic rings. The van der Waals surface area contributed by atoms with Crippen LogP contribution in [0.4, 0.5) is 5.82 Å². The molecule has 16 heavy (non-hydrogen) atoms. The second kappa shape index (κ2) is 4.82. The molecule has 0 saturated carbocycles. The van der Waals surface area contributed by atoms with Crippen molar-refractivity contribution in [3.63, 3.8) is 0 Å². The number of aromatic nitrogens is 1. The van der Waals surface area contributed by atoms with Gasteiger partial charge in [0.2, 0.25) is 0 Å². The van der Waals surface area contributed by atoms with Crippen molar-refractivity contribution < 1.29 is 4.79 Å². The van der Waals surface area contributed by atoms with Gasteiger partial charge in [-0.25, -0.2) is 4.98 Å². The van der Waals surface area contributed by atoms with E-state index in [-0.39, 0.29) is 5.91 Å². The summed E-state index contributed by atoms with van der Waals surface area (Å²) in [5.74, 6) is 0.0271. The number of thiophene rings is 1. The number of nitrogens with zero attached hydrogens (tertiary/aromatic N) is 1. The summed E-state index contributed by atoms with van der Waals surface area (Å²) in [6, 6.07) is 5.01. The number of pyridine rings is 1. The second-order valence-corrected chi connectivity index (χ2v) is 4.62. The van der Waals surface area contributed by atoms with E-state index in [9.17, 15) is 4.79 Å². The van der Waals surface area contributed by atoms with Crippen LogP contribution in [-0.2, 0) is 0 Å². The number of carbonyl (C=O) groups excluding carboxylic acids is 1. The topological polar surface area (TPSA) is 42.0 Å². The lowest BCUT2D eigenvalue weighted by Gasteiger charge is -2.04. The maximum Gasteiger partial charge on any atom is 0.268 e. The van der Waals surface area contributed by atoms with E-state index >= 15 is 0 Å². The highest BCUT2D eigenvalue weighted by molar-refractivity contribution is 7.12. The van der Waals surface area contributed by atoms with Crippen LogP contribution in [0.2, 0.25) is 10.0 Å². The zero-order chi connectivity index (χ0) is 11.5. The lowest BCUT2D eigenvalue weighted by atomic mass is 10.4. The Hall–Kier alpha value is -1.10. The molecule has 6 heteroatoms. The molecular weight excluding hydrogens is 267 g/mol. The second-order valence-electron chi connectivity index (χ2n) is 2.89. The number of anilines is 1. The summed E-state index contributed by atoms with van der Waals surface area (Å²) in [6.07, 6.45) is 1.55. The van der Waals surface area contributed by atoms with Gasteiger partial charge in [0.1, 0.15) is 4.88 Å². The van der Waals surface area contributed by atoms with Crippen molar-refractivity contribution in [2.45, 2.75) is 0 Å². The Balaban J connectivity index is 2.21. The molecule has 0 aromatic carbocycles. The summed E-state index contributed by atoms with van der Waals surface area (Å²) < 4.78 is 0. The average Bonchev–Trinajstić information content (AvgIpc) is 2.68. The van der Waals surface area contributed by atoms with Crippen LogP contribution in [0.5, 0.6) is 0 Å². The summed E-state index contributed by atoms with van der Waals surface area (Å²) in [5, 5.41) is 5.16. The number of hydrogen-bond donors (Lipinski definition) is 1. The monoisotopic (exact) mass is 272 g/mol. The first kappa shape index (κ1) is 11.4. The first-order valence-corrected chi connectivity index (χ1v) is 5.97. The zero-order valence-corrected chi connectivity index (χ0v) is 10.2. The molecule has 0 saturated heterocycles. The van der Waals surface area contributed by atoms with E-state index in [2.05, 4.69) is 10.3 Å². The highest BCUT2D eigenvalue weighted by Crippen LogP contribution is 2.24. The van der Waals surface area contributed by atoms with E-state index < -0.39 is 0 Å². The van der Waals surface area contributed by atoms with Gasteiger partial charge in [-0.3, -0.25) is 4.79 Å². The van der Waals surface area contributed by atoms with E-state index in [4.69, 9.17) is 23.2 Å². The third kappa shape index (κ3) is 2.35. The molecule has 1 N–H and O–H groups in total. The molecule has 82 valence electrons. The van der Waals surface area contributed by atoms with Gasteiger partial charge in [-0.15, -0.1) is 11.3 Å². The first-order valence-electron chi connectivity index (χ1n) is 4.33. The lowest BCUT2D eigenvalue weighted by Crippen LogP contribution is -2.12. The number of halogens is 2. The van der Waals surface area contributed by atoms with E-state index in [1.807, 2.05) is 0 Å². The van der Waals surface area contributed by atoms with Gasteiger partial charge in [-0.1, -0.05) is 23.2 Å². The minimum Gasteiger partial charge on any atom is -0.305 e. The van der Waals surface area contributed by atoms with Gasteiger partial charge < -0.3 is 5.32 Å². The van der Waals surface area contributed by atoms with Gasteiger partial charge in [0.05, 0.1) is 10.0 Å². The molecule has 0 aliphatic heterocycles. The Morgan fingerprint density at radius 2 is 2.12 bits per heavy atom. The van der Waals surface area contributed by atoms with Crippen LogP contribution < -0.4 is 5.32 Å². The van der Waals surface area contributed by atoms with Gasteiger partial charge >= 0.3 is 0 Å². The fourth-order valence-corrected chi connectivity index (χ4v) is 2.30. The Labute approximate surface area is 106 Å². The molecule has 2 heterocycles. The van der Waals surface area contributed by atoms with E-state index in [1.165, 1.54) is 11.3 Å². The highest BCUT2D eigenvalue weighted by atomic mass is 35.5. The minimum atomic E-state index is -0.305. The van der Waals surface area contributed by atoms with Crippen LogP contribution in [-0.4, -0.2) is 10.9 Å². The number of hydrogen-bond acceptors (Lipinski definition) is 3. The van der Waals surface area contributed by atoms with Crippen LogP contribution in [0.1, 0.15) is 9.67 Å². The molecule has 2 aromatic heterocycles. The lowest BCUT2D eigenvalue weighted by molar-refractivity contribution is 0.103. The van der Waals surface area contributed by atoms with Crippen LogP contribution in [0.25, 0.3) is 0 Å². The summed E-state index contributed by atoms with van der Waals surface area (Å²) >= 11 is 13.0. The average molecular weight is 273 g/mol. The SMILES string of the molecule is O=C(Nc1ncccc1Cl)c1sccc1Cl. The summed E-state index contributed by atoms with van der Waals surface area (Å²) in [4.78, 5) is 16.2. The molecule has 3 nitrogen and oxygen atoms in total. The minimum absolute atomic E-state index is 0.305. The van der Waals surface area contributed by atoms with Crippen molar-refractivity contribution in [2.75, 3.05) is 5.32 Å². The number of amides is 1. The summed E-state index contributed by atoms with van der Waals surface area (Å²) in [6.45, 7) is 0. The number of carbonyl (C=O) groups is 1. The predicted octanol–water partition coefficient (Wildman–Crippen LogP) is 3.70. The maximum absolute atomic E-state index is 11.8. The molecule has 0 aliphatic carbocycles. The van der Waals surface area contributed by atoms with Gasteiger partial charge in [0.15, 0.2) is 5.82 Å². The molecule has 0 spiro atoms. The van der Waals surface area contributed by atoms with Crippen molar-refractivity contribution >= 4 is 46.3 Å². The summed E-state index contributed by atoms with van der Waals surface area (Å²) in [7, 11) is 0. The number of rotatable bonds is 2. The van der Waals surface area contributed by atoms with Gasteiger partial charge in [0.25, 0.3) is 5.91 Å². The first-order chi connectivity index (χ1) is 7.68. The zero-order valence-electron chi connectivity index (χ0n) is 7.91. The quantitative estimate of drug-likeness (QED) is 0.906. The number of nitrogens with one attached hydrogen (secondary N) is 1. The van der Waals surface area contributed by atoms with E-state index in [0.717, 1.165) is 0 Å². The molecule has 0 atom stereocenters. The predicted molar refractivity (Wildman–Crippen MR) is 66.5 cm³/mol. The molecular formula is C10H6Cl2N2OS. The van der Waals surface area contributed by atoms with Crippen molar-refractivity contribution in [3.8, 4) is 0 Å². The Morgan fingerprint density at radius 3 is 2.75 bits per heavy atom. The van der Waals surface area contributed by atoms with Crippen LogP contribution in [0.15, 0.2) is 29.8 Å². The highest BCUT2D eigenvalue weighted by Gasteiger charge is 2.13. The van der Waals surface area contributed by atoms with Gasteiger partial charge in [-0.2, -0.15) is 0 Å². The van der Waals surface area contributed by atoms with Crippen molar-refractivity contribution in [3.05, 3.63) is 44.7 Å². The smallest absolute Gasteiger partial charge is 0.268 e. The fraction of sp³-hybridized carbons (Fsp3) is 0. The third-order valence-electron chi connectivity index (χ3n) is 1.81. The Morgan fingerprint density at radius 1 is 1.31 bits per heavy atom. The maximum atomic E-state index is 11.8. The van der Waals surface area contributed by atoms with Crippen LogP contribution in [0, 0.1) is 0 Å². The Kier molecular flexibility index (Phi) is 3.43. The van der Waals surface area contributed by atoms with E-state index in [0.29, 0.717) is 20.7 Å². The standard InChI is InChI=1S/C10H6Cl2N2OS/c11-6-3-5-16-8(6)10(15)14-9-7(12)2-1-4-13-9/h1-5H,(H,13,14,15). The van der Waals surface area contributed by atoms with E-state index in [1.54, 1.807) is 29.8 Å². The molecule has 0 unspecified atom stereocenters. The van der Waals surface area contributed by atoms with Crippen LogP contribution >= 0.6 is 34.5 Å². The van der Waals surface area contributed by atoms with Crippen LogP contribution in [0.3, 0.4) is 0 Å². The normalized spacial score (nSPS) is 10.1. The fourth-order valence-electron chi connectivity index (χ4n) is 1.10. The molecule has 1 amide bonds. The largest absolute Gasteiger partial charge is 0.305 e. The molecule has 0 aliphatic rings. The van der Waals surface area contributed by atoms with Crippen molar-refractivity contribution in [1.29, 1.82) is 0 Å². The third-order valence-corrected chi connectivity index (χ3v) is 3.46. The van der Waals surface area contributed by atoms with Gasteiger partial charge in [0, 0.05) is 6.20 Å². The molecule has 0 fully saturated rings. The van der Waals surface area contributed by atoms with Crippen molar-refractivity contribution in [1.82, 2.24) is 4.98 Å². The summed E-state index contributed by atoms with van der Waals surface area (Å²) in [5.41, 5.74) is 0. The molecule has 2 rings (SSSR count). The Bertz CT molecular complexity index is 527. The molecule has 0 bridgehead atoms. The van der Waals surface area contributed by atoms with Crippen molar-refractivity contribution in [2.24, 2.45) is 0 Å². The molecule has 0 radical (unpaired) electrons. The van der Waals surface area contributed by atoms with Gasteiger partial charge in [-0.05, 0) is 23.6 Å².